The number of ether oxygens (including phenoxy) is 1. The normalized spacial score (nSPS) is 18.0. The summed E-state index contributed by atoms with van der Waals surface area (Å²) in [6.07, 6.45) is 5.59. The number of phenols is 1. The molecule has 2 atom stereocenters. The highest BCUT2D eigenvalue weighted by Crippen LogP contribution is 2.50. The Labute approximate surface area is 261 Å². The van der Waals surface area contributed by atoms with Crippen LogP contribution in [0.15, 0.2) is 78.9 Å². The summed E-state index contributed by atoms with van der Waals surface area (Å²) in [5.41, 5.74) is 4.16. The standard InChI is InChI=1S/C35H34Cl2N2O4/c36-24-14-12-22(13-15-24)28-19-29-23(18-25(40)21-38-33(42)27-9-3-5-11-31(27)41)20-35(16-6-1-7-17-35)43-34(29)39-32(28)26-8-2-4-10-30(26)37/h2-5,8-15,19,23,25,40-41H,1,6-7,16-18,20-21H2,(H,38,42). The molecule has 43 heavy (non-hydrogen) atoms. The molecule has 0 radical (unpaired) electrons. The topological polar surface area (TPSA) is 91.7 Å². The molecular formula is C35H34Cl2N2O4. The third-order valence-corrected chi connectivity index (χ3v) is 9.22. The van der Waals surface area contributed by atoms with Crippen LogP contribution in [-0.4, -0.2) is 39.4 Å². The molecule has 0 saturated heterocycles. The molecule has 2 heterocycles. The Kier molecular flexibility index (Phi) is 8.62. The summed E-state index contributed by atoms with van der Waals surface area (Å²) in [6.45, 7) is 0.0576. The quantitative estimate of drug-likeness (QED) is 0.195. The Morgan fingerprint density at radius 3 is 2.44 bits per heavy atom. The molecular weight excluding hydrogens is 583 g/mol. The fourth-order valence-electron chi connectivity index (χ4n) is 6.50. The minimum Gasteiger partial charge on any atom is -0.507 e. The molecule has 1 fully saturated rings. The highest BCUT2D eigenvalue weighted by molar-refractivity contribution is 6.33. The van der Waals surface area contributed by atoms with Crippen LogP contribution >= 0.6 is 23.2 Å². The van der Waals surface area contributed by atoms with E-state index >= 15 is 0 Å². The van der Waals surface area contributed by atoms with Crippen LogP contribution in [-0.2, 0) is 0 Å². The first-order valence-corrected chi connectivity index (χ1v) is 15.6. The van der Waals surface area contributed by atoms with E-state index < -0.39 is 12.0 Å². The van der Waals surface area contributed by atoms with Gasteiger partial charge in [0.2, 0.25) is 5.88 Å². The first kappa shape index (κ1) is 29.5. The van der Waals surface area contributed by atoms with E-state index in [4.69, 9.17) is 32.9 Å². The number of phenolic OH excluding ortho intramolecular Hbond substituents is 1. The van der Waals surface area contributed by atoms with E-state index in [9.17, 15) is 15.0 Å². The molecule has 1 aliphatic heterocycles. The molecule has 0 bridgehead atoms. The number of carbonyl (C=O) groups excluding carboxylic acids is 1. The number of hydrogen-bond acceptors (Lipinski definition) is 5. The molecule has 2 aliphatic rings. The van der Waals surface area contributed by atoms with Crippen LogP contribution in [0.1, 0.15) is 66.8 Å². The number of halogens is 2. The maximum Gasteiger partial charge on any atom is 0.255 e. The average Bonchev–Trinajstić information content (AvgIpc) is 3.01. The Balaban J connectivity index is 1.36. The summed E-state index contributed by atoms with van der Waals surface area (Å²) in [7, 11) is 0. The molecule has 222 valence electrons. The maximum absolute atomic E-state index is 12.7. The van der Waals surface area contributed by atoms with Crippen molar-refractivity contribution in [3.63, 3.8) is 0 Å². The van der Waals surface area contributed by atoms with Crippen LogP contribution in [0.25, 0.3) is 22.4 Å². The Bertz CT molecular complexity index is 1620. The monoisotopic (exact) mass is 616 g/mol. The van der Waals surface area contributed by atoms with E-state index in [1.807, 2.05) is 48.5 Å². The lowest BCUT2D eigenvalue weighted by atomic mass is 9.73. The molecule has 3 N–H and O–H groups in total. The maximum atomic E-state index is 12.7. The van der Waals surface area contributed by atoms with Crippen LogP contribution < -0.4 is 10.1 Å². The van der Waals surface area contributed by atoms with Gasteiger partial charge in [0.1, 0.15) is 11.4 Å². The first-order chi connectivity index (χ1) is 20.8. The van der Waals surface area contributed by atoms with Gasteiger partial charge in [-0.05, 0) is 86.4 Å². The van der Waals surface area contributed by atoms with E-state index in [2.05, 4.69) is 11.4 Å². The van der Waals surface area contributed by atoms with Crippen LogP contribution in [0.2, 0.25) is 10.0 Å². The molecule has 2 unspecified atom stereocenters. The molecule has 6 nitrogen and oxygen atoms in total. The van der Waals surface area contributed by atoms with Gasteiger partial charge in [-0.3, -0.25) is 4.79 Å². The summed E-state index contributed by atoms with van der Waals surface area (Å²) in [5, 5.41) is 25.3. The summed E-state index contributed by atoms with van der Waals surface area (Å²) < 4.78 is 6.80. The number of fused-ring (bicyclic) bond motifs is 1. The number of amides is 1. The van der Waals surface area contributed by atoms with Gasteiger partial charge in [0.15, 0.2) is 0 Å². The molecule has 3 aromatic carbocycles. The lowest BCUT2D eigenvalue weighted by Gasteiger charge is -2.44. The predicted molar refractivity (Wildman–Crippen MR) is 170 cm³/mol. The van der Waals surface area contributed by atoms with Gasteiger partial charge in [0, 0.05) is 33.3 Å². The summed E-state index contributed by atoms with van der Waals surface area (Å²) in [4.78, 5) is 17.9. The number of aliphatic hydroxyl groups excluding tert-OH is 1. The molecule has 6 rings (SSSR count). The van der Waals surface area contributed by atoms with Crippen LogP contribution in [0.4, 0.5) is 0 Å². The molecule has 4 aromatic rings. The fourth-order valence-corrected chi connectivity index (χ4v) is 6.85. The largest absolute Gasteiger partial charge is 0.507 e. The van der Waals surface area contributed by atoms with Gasteiger partial charge in [-0.25, -0.2) is 4.98 Å². The zero-order valence-electron chi connectivity index (χ0n) is 23.7. The van der Waals surface area contributed by atoms with Crippen LogP contribution in [0, 0.1) is 0 Å². The van der Waals surface area contributed by atoms with Gasteiger partial charge in [-0.1, -0.05) is 72.1 Å². The summed E-state index contributed by atoms with van der Waals surface area (Å²) in [6, 6.07) is 23.8. The molecule has 1 aliphatic carbocycles. The highest BCUT2D eigenvalue weighted by atomic mass is 35.5. The number of aromatic hydroxyl groups is 1. The number of carbonyl (C=O) groups is 1. The molecule has 8 heteroatoms. The van der Waals surface area contributed by atoms with Gasteiger partial charge >= 0.3 is 0 Å². The van der Waals surface area contributed by atoms with Crippen molar-refractivity contribution in [1.29, 1.82) is 0 Å². The number of nitrogens with zero attached hydrogens (tertiary/aromatic N) is 1. The van der Waals surface area contributed by atoms with Gasteiger partial charge in [0.25, 0.3) is 5.91 Å². The Morgan fingerprint density at radius 1 is 0.977 bits per heavy atom. The number of aliphatic hydroxyl groups is 1. The number of para-hydroxylation sites is 1. The van der Waals surface area contributed by atoms with E-state index in [0.717, 1.165) is 60.1 Å². The highest BCUT2D eigenvalue weighted by Gasteiger charge is 2.43. The number of hydrogen-bond donors (Lipinski definition) is 3. The number of nitrogens with one attached hydrogen (secondary N) is 1. The van der Waals surface area contributed by atoms with E-state index in [1.54, 1.807) is 18.2 Å². The summed E-state index contributed by atoms with van der Waals surface area (Å²) in [5.74, 6) is 0.0144. The minimum absolute atomic E-state index is 0.0438. The van der Waals surface area contributed by atoms with Crippen molar-refractivity contribution < 1.29 is 19.7 Å². The lowest BCUT2D eigenvalue weighted by molar-refractivity contribution is -0.00886. The second kappa shape index (κ2) is 12.6. The van der Waals surface area contributed by atoms with E-state index in [1.165, 1.54) is 12.5 Å². The van der Waals surface area contributed by atoms with Gasteiger partial charge in [-0.15, -0.1) is 0 Å². The zero-order valence-corrected chi connectivity index (χ0v) is 25.2. The van der Waals surface area contributed by atoms with Crippen molar-refractivity contribution in [2.75, 3.05) is 6.54 Å². The number of rotatable bonds is 7. The molecule has 1 saturated carbocycles. The second-order valence-electron chi connectivity index (χ2n) is 11.6. The third kappa shape index (κ3) is 6.37. The van der Waals surface area contributed by atoms with Crippen molar-refractivity contribution in [1.82, 2.24) is 10.3 Å². The van der Waals surface area contributed by atoms with E-state index in [0.29, 0.717) is 22.3 Å². The molecule has 1 amide bonds. The molecule has 1 spiro atoms. The molecule has 1 aromatic heterocycles. The lowest BCUT2D eigenvalue weighted by Crippen LogP contribution is -2.44. The van der Waals surface area contributed by atoms with E-state index in [-0.39, 0.29) is 29.4 Å². The van der Waals surface area contributed by atoms with Crippen molar-refractivity contribution in [3.8, 4) is 34.0 Å². The zero-order chi connectivity index (χ0) is 30.0. The van der Waals surface area contributed by atoms with Crippen molar-refractivity contribution in [2.45, 2.75) is 62.6 Å². The van der Waals surface area contributed by atoms with Crippen molar-refractivity contribution in [3.05, 3.63) is 100 Å². The summed E-state index contributed by atoms with van der Waals surface area (Å²) >= 11 is 12.9. The first-order valence-electron chi connectivity index (χ1n) is 14.8. The number of aromatic nitrogens is 1. The van der Waals surface area contributed by atoms with Gasteiger partial charge in [-0.2, -0.15) is 0 Å². The van der Waals surface area contributed by atoms with Crippen LogP contribution in [0.5, 0.6) is 11.6 Å². The fraction of sp³-hybridized carbons (Fsp3) is 0.314. The average molecular weight is 618 g/mol. The minimum atomic E-state index is -0.811. The number of pyridine rings is 1. The second-order valence-corrected chi connectivity index (χ2v) is 12.5. The van der Waals surface area contributed by atoms with Crippen molar-refractivity contribution >= 4 is 29.1 Å². The Morgan fingerprint density at radius 2 is 1.70 bits per heavy atom. The van der Waals surface area contributed by atoms with Crippen LogP contribution in [0.3, 0.4) is 0 Å². The SMILES string of the molecule is O=C(NCC(O)CC1CC2(CCCCC2)Oc2nc(-c3ccccc3Cl)c(-c3ccc(Cl)cc3)cc21)c1ccccc1O. The van der Waals surface area contributed by atoms with Crippen molar-refractivity contribution in [2.24, 2.45) is 0 Å². The third-order valence-electron chi connectivity index (χ3n) is 8.64. The Hall–Kier alpha value is -3.58. The number of benzene rings is 3. The van der Waals surface area contributed by atoms with Gasteiger partial charge < -0.3 is 20.3 Å². The van der Waals surface area contributed by atoms with Gasteiger partial charge in [0.05, 0.1) is 17.4 Å². The predicted octanol–water partition coefficient (Wildman–Crippen LogP) is 8.18. The smallest absolute Gasteiger partial charge is 0.255 e.